The zero-order chi connectivity index (χ0) is 14.5. The summed E-state index contributed by atoms with van der Waals surface area (Å²) >= 11 is 0. The second kappa shape index (κ2) is 4.30. The highest BCUT2D eigenvalue weighted by atomic mass is 16.5. The van der Waals surface area contributed by atoms with E-state index < -0.39 is 5.41 Å². The number of benzene rings is 1. The van der Waals surface area contributed by atoms with Crippen molar-refractivity contribution in [1.29, 1.82) is 0 Å². The molecule has 0 aromatic heterocycles. The number of hydrogen-bond acceptors (Lipinski definition) is 3. The summed E-state index contributed by atoms with van der Waals surface area (Å²) in [4.78, 5) is 24.9. The second-order valence-corrected chi connectivity index (χ2v) is 5.95. The second-order valence-electron chi connectivity index (χ2n) is 5.95. The Morgan fingerprint density at radius 3 is 2.35 bits per heavy atom. The van der Waals surface area contributed by atoms with Gasteiger partial charge in [-0.1, -0.05) is 44.2 Å². The minimum absolute atomic E-state index is 0.0173. The molecule has 3 heteroatoms. The number of fused-ring (bicyclic) bond motifs is 1. The van der Waals surface area contributed by atoms with Gasteiger partial charge < -0.3 is 4.74 Å². The Labute approximate surface area is 118 Å². The Morgan fingerprint density at radius 1 is 1.10 bits per heavy atom. The van der Waals surface area contributed by atoms with Crippen molar-refractivity contribution in [2.45, 2.75) is 19.8 Å². The number of ketones is 2. The molecule has 1 fully saturated rings. The van der Waals surface area contributed by atoms with E-state index in [1.165, 1.54) is 13.2 Å². The van der Waals surface area contributed by atoms with E-state index in [2.05, 4.69) is 6.92 Å². The predicted molar refractivity (Wildman–Crippen MR) is 75.1 cm³/mol. The Balaban J connectivity index is 2.08. The highest BCUT2D eigenvalue weighted by molar-refractivity contribution is 6.13. The lowest BCUT2D eigenvalue weighted by Crippen LogP contribution is -2.61. The molecule has 1 aromatic carbocycles. The van der Waals surface area contributed by atoms with Crippen LogP contribution in [0.2, 0.25) is 0 Å². The lowest BCUT2D eigenvalue weighted by Gasteiger charge is -2.58. The van der Waals surface area contributed by atoms with Gasteiger partial charge in [0.05, 0.1) is 12.5 Å². The number of methoxy groups -OCH3 is 1. The first-order valence-corrected chi connectivity index (χ1v) is 6.91. The summed E-state index contributed by atoms with van der Waals surface area (Å²) in [5.74, 6) is 0.193. The Bertz CT molecular complexity index is 602. The maximum atomic E-state index is 12.7. The fourth-order valence-electron chi connectivity index (χ4n) is 4.21. The Hall–Kier alpha value is -1.90. The van der Waals surface area contributed by atoms with Gasteiger partial charge in [0.25, 0.3) is 0 Å². The lowest BCUT2D eigenvalue weighted by atomic mass is 9.42. The molecule has 0 unspecified atom stereocenters. The Kier molecular flexibility index (Phi) is 2.82. The largest absolute Gasteiger partial charge is 0.493 e. The molecule has 3 rings (SSSR count). The van der Waals surface area contributed by atoms with Gasteiger partial charge in [-0.15, -0.1) is 0 Å². The van der Waals surface area contributed by atoms with Crippen LogP contribution in [0.4, 0.5) is 0 Å². The van der Waals surface area contributed by atoms with Crippen LogP contribution in [-0.2, 0) is 14.3 Å². The van der Waals surface area contributed by atoms with E-state index in [9.17, 15) is 9.59 Å². The van der Waals surface area contributed by atoms with Gasteiger partial charge in [0.15, 0.2) is 11.5 Å². The van der Waals surface area contributed by atoms with Crippen molar-refractivity contribution < 1.29 is 14.3 Å². The van der Waals surface area contributed by atoms with E-state index in [-0.39, 0.29) is 35.1 Å². The van der Waals surface area contributed by atoms with Crippen LogP contribution in [0.15, 0.2) is 42.2 Å². The highest BCUT2D eigenvalue weighted by Crippen LogP contribution is 2.63. The van der Waals surface area contributed by atoms with Crippen LogP contribution in [0.5, 0.6) is 0 Å². The molecule has 0 amide bonds. The minimum Gasteiger partial charge on any atom is -0.493 e. The van der Waals surface area contributed by atoms with Crippen LogP contribution >= 0.6 is 0 Å². The zero-order valence-electron chi connectivity index (χ0n) is 11.9. The van der Waals surface area contributed by atoms with E-state index >= 15 is 0 Å². The number of ether oxygens (including phenoxy) is 1. The fourth-order valence-corrected chi connectivity index (χ4v) is 4.21. The molecule has 4 atom stereocenters. The number of carbonyl (C=O) groups is 2. The van der Waals surface area contributed by atoms with E-state index in [0.717, 1.165) is 5.56 Å². The summed E-state index contributed by atoms with van der Waals surface area (Å²) < 4.78 is 5.10. The topological polar surface area (TPSA) is 43.4 Å². The van der Waals surface area contributed by atoms with Gasteiger partial charge in [-0.05, 0) is 11.5 Å². The van der Waals surface area contributed by atoms with Gasteiger partial charge in [-0.3, -0.25) is 9.59 Å². The van der Waals surface area contributed by atoms with Gasteiger partial charge >= 0.3 is 0 Å². The highest BCUT2D eigenvalue weighted by Gasteiger charge is 2.66. The standard InChI is InChI=1S/C17H18O3/c1-10-14(11-7-5-4-6-8-11)17(2)15(10)12(18)9-13(20-3)16(17)19/h4-10,14-15H,1-3H3/t10-,14+,15+,17+/m1/s1. The molecule has 20 heavy (non-hydrogen) atoms. The number of hydrogen-bond donors (Lipinski definition) is 0. The van der Waals surface area contributed by atoms with Crippen molar-refractivity contribution in [2.75, 3.05) is 7.11 Å². The third kappa shape index (κ3) is 1.46. The van der Waals surface area contributed by atoms with E-state index in [4.69, 9.17) is 4.74 Å². The maximum absolute atomic E-state index is 12.7. The lowest BCUT2D eigenvalue weighted by molar-refractivity contribution is -0.159. The summed E-state index contributed by atoms with van der Waals surface area (Å²) in [6.45, 7) is 3.96. The van der Waals surface area contributed by atoms with E-state index in [1.807, 2.05) is 37.3 Å². The van der Waals surface area contributed by atoms with Gasteiger partial charge in [0.1, 0.15) is 0 Å². The average molecular weight is 270 g/mol. The molecule has 0 aliphatic heterocycles. The third-order valence-electron chi connectivity index (χ3n) is 5.02. The monoisotopic (exact) mass is 270 g/mol. The molecule has 1 aromatic rings. The molecule has 0 N–H and O–H groups in total. The molecule has 0 saturated heterocycles. The Morgan fingerprint density at radius 2 is 1.75 bits per heavy atom. The van der Waals surface area contributed by atoms with Crippen LogP contribution in [0, 0.1) is 17.3 Å². The number of carbonyl (C=O) groups excluding carboxylic acids is 2. The van der Waals surface area contributed by atoms with Gasteiger partial charge in [0, 0.05) is 17.9 Å². The van der Waals surface area contributed by atoms with Crippen molar-refractivity contribution in [3.05, 3.63) is 47.7 Å². The SMILES string of the molecule is COC1=CC(=O)[C@@H]2[C@H](C)[C@@H](c3ccccc3)[C@]2(C)C1=O. The van der Waals surface area contributed by atoms with Crippen LogP contribution < -0.4 is 0 Å². The van der Waals surface area contributed by atoms with Crippen molar-refractivity contribution in [1.82, 2.24) is 0 Å². The van der Waals surface area contributed by atoms with Gasteiger partial charge in [-0.2, -0.15) is 0 Å². The first-order chi connectivity index (χ1) is 9.51. The first kappa shape index (κ1) is 13.1. The summed E-state index contributed by atoms with van der Waals surface area (Å²) in [5.41, 5.74) is 0.454. The van der Waals surface area contributed by atoms with Crippen LogP contribution in [0.1, 0.15) is 25.3 Å². The normalized spacial score (nSPS) is 36.0. The number of allylic oxidation sites excluding steroid dienone is 2. The number of Topliss-reactive ketones (excluding diaryl/α,β-unsaturated/α-hetero) is 1. The first-order valence-electron chi connectivity index (χ1n) is 6.91. The summed E-state index contributed by atoms with van der Waals surface area (Å²) in [6.07, 6.45) is 1.37. The van der Waals surface area contributed by atoms with Crippen LogP contribution in [-0.4, -0.2) is 18.7 Å². The zero-order valence-corrected chi connectivity index (χ0v) is 11.9. The van der Waals surface area contributed by atoms with Crippen molar-refractivity contribution in [3.8, 4) is 0 Å². The summed E-state index contributed by atoms with van der Waals surface area (Å²) in [6, 6.07) is 9.97. The van der Waals surface area contributed by atoms with Crippen LogP contribution in [0.3, 0.4) is 0 Å². The molecule has 2 aliphatic rings. The molecule has 104 valence electrons. The minimum atomic E-state index is -0.669. The summed E-state index contributed by atoms with van der Waals surface area (Å²) in [7, 11) is 1.44. The molecule has 0 bridgehead atoms. The van der Waals surface area contributed by atoms with Crippen molar-refractivity contribution in [3.63, 3.8) is 0 Å². The summed E-state index contributed by atoms with van der Waals surface area (Å²) in [5, 5.41) is 0. The van der Waals surface area contributed by atoms with E-state index in [0.29, 0.717) is 0 Å². The molecule has 1 saturated carbocycles. The molecular formula is C17H18O3. The van der Waals surface area contributed by atoms with Crippen molar-refractivity contribution >= 4 is 11.6 Å². The average Bonchev–Trinajstić information content (AvgIpc) is 2.43. The van der Waals surface area contributed by atoms with Crippen LogP contribution in [0.25, 0.3) is 0 Å². The van der Waals surface area contributed by atoms with Crippen molar-refractivity contribution in [2.24, 2.45) is 17.3 Å². The van der Waals surface area contributed by atoms with E-state index in [1.54, 1.807) is 0 Å². The maximum Gasteiger partial charge on any atom is 0.204 e. The smallest absolute Gasteiger partial charge is 0.204 e. The predicted octanol–water partition coefficient (Wildman–Crippen LogP) is 2.72. The molecule has 0 spiro atoms. The molecule has 3 nitrogen and oxygen atoms in total. The molecule has 0 heterocycles. The number of rotatable bonds is 2. The molecular weight excluding hydrogens is 252 g/mol. The third-order valence-corrected chi connectivity index (χ3v) is 5.02. The molecule has 0 radical (unpaired) electrons. The quantitative estimate of drug-likeness (QED) is 0.830. The molecule has 2 aliphatic carbocycles. The fraction of sp³-hybridized carbons (Fsp3) is 0.412. The van der Waals surface area contributed by atoms with Gasteiger partial charge in [0.2, 0.25) is 5.78 Å². The van der Waals surface area contributed by atoms with Gasteiger partial charge in [-0.25, -0.2) is 0 Å².